The summed E-state index contributed by atoms with van der Waals surface area (Å²) in [5, 5.41) is 8.11. The molecule has 10 nitrogen and oxygen atoms in total. The zero-order chi connectivity index (χ0) is 28.9. The highest BCUT2D eigenvalue weighted by Crippen LogP contribution is 2.39. The highest BCUT2D eigenvalue weighted by atomic mass is 16.5. The molecule has 2 fully saturated rings. The van der Waals surface area contributed by atoms with E-state index in [2.05, 4.69) is 66.3 Å². The molecule has 0 bridgehead atoms. The lowest BCUT2D eigenvalue weighted by Gasteiger charge is -2.43. The predicted molar refractivity (Wildman–Crippen MR) is 158 cm³/mol. The Labute approximate surface area is 241 Å². The van der Waals surface area contributed by atoms with Gasteiger partial charge in [0.2, 0.25) is 0 Å². The zero-order valence-electron chi connectivity index (χ0n) is 24.5. The molecule has 3 aliphatic rings. The van der Waals surface area contributed by atoms with Gasteiger partial charge >= 0.3 is 11.8 Å². The van der Waals surface area contributed by atoms with Crippen LogP contribution in [0.2, 0.25) is 0 Å². The third kappa shape index (κ3) is 5.08. The number of amides is 2. The number of hydrogen-bond donors (Lipinski definition) is 2. The third-order valence-electron chi connectivity index (χ3n) is 9.41. The number of aromatic nitrogens is 3. The summed E-state index contributed by atoms with van der Waals surface area (Å²) in [5.74, 6) is -0.608. The minimum absolute atomic E-state index is 0.0445. The number of nitrogens with one attached hydrogen (secondary N) is 1. The summed E-state index contributed by atoms with van der Waals surface area (Å²) in [6.45, 7) is 8.84. The zero-order valence-corrected chi connectivity index (χ0v) is 24.5. The number of piperidine rings is 1. The molecule has 0 radical (unpaired) electrons. The molecule has 2 aromatic heterocycles. The van der Waals surface area contributed by atoms with E-state index in [0.29, 0.717) is 41.5 Å². The standard InChI is InChI=1S/C31H41N7O3/c1-19-8-11-25(21-9-10-23-20(15-21)12-13-36(4)31(23,2)3)37(17-19)30(40)29(39)34-24-16-33-28(32)22-18-38(35-27(22)24)26-7-5-6-14-41-26/h9-10,15-16,18-19,25-26H,5-8,11-14,17H2,1-4H3,(H2,32,33)(H,34,39)/t19-,25+,26?/m0/s1. The number of carbonyl (C=O) groups excluding carboxylic acids is 2. The van der Waals surface area contributed by atoms with Crippen LogP contribution < -0.4 is 11.1 Å². The third-order valence-corrected chi connectivity index (χ3v) is 9.41. The molecular formula is C31H41N7O3. The fraction of sp³-hybridized carbons (Fsp3) is 0.548. The van der Waals surface area contributed by atoms with Gasteiger partial charge in [0.15, 0.2) is 0 Å². The van der Waals surface area contributed by atoms with Crippen molar-refractivity contribution in [2.45, 2.75) is 77.1 Å². The predicted octanol–water partition coefficient (Wildman–Crippen LogP) is 4.37. The highest BCUT2D eigenvalue weighted by molar-refractivity contribution is 6.40. The molecule has 3 N–H and O–H groups in total. The average Bonchev–Trinajstić information content (AvgIpc) is 3.43. The van der Waals surface area contributed by atoms with Crippen LogP contribution in [0.5, 0.6) is 0 Å². The Morgan fingerprint density at radius 1 is 1.17 bits per heavy atom. The second-order valence-electron chi connectivity index (χ2n) is 12.5. The summed E-state index contributed by atoms with van der Waals surface area (Å²) in [7, 11) is 2.16. The van der Waals surface area contributed by atoms with Crippen LogP contribution in [0.25, 0.3) is 10.9 Å². The van der Waals surface area contributed by atoms with E-state index in [1.807, 2.05) is 6.20 Å². The van der Waals surface area contributed by atoms with E-state index in [4.69, 9.17) is 10.5 Å². The van der Waals surface area contributed by atoms with Gasteiger partial charge in [-0.15, -0.1) is 0 Å². The topological polar surface area (TPSA) is 119 Å². The fourth-order valence-corrected chi connectivity index (χ4v) is 6.64. The normalized spacial score (nSPS) is 24.7. The number of carbonyl (C=O) groups is 2. The second kappa shape index (κ2) is 10.7. The van der Waals surface area contributed by atoms with Gasteiger partial charge in [0, 0.05) is 31.4 Å². The van der Waals surface area contributed by atoms with Crippen molar-refractivity contribution in [3.8, 4) is 0 Å². The van der Waals surface area contributed by atoms with Crippen molar-refractivity contribution in [2.75, 3.05) is 37.8 Å². The van der Waals surface area contributed by atoms with Gasteiger partial charge in [0.25, 0.3) is 0 Å². The van der Waals surface area contributed by atoms with Crippen molar-refractivity contribution in [2.24, 2.45) is 5.92 Å². The smallest absolute Gasteiger partial charge is 0.314 e. The van der Waals surface area contributed by atoms with E-state index < -0.39 is 11.8 Å². The summed E-state index contributed by atoms with van der Waals surface area (Å²) < 4.78 is 7.62. The first-order valence-electron chi connectivity index (χ1n) is 14.8. The number of nitrogens with two attached hydrogens (primary N) is 1. The molecule has 10 heteroatoms. The average molecular weight is 560 g/mol. The van der Waals surface area contributed by atoms with E-state index >= 15 is 0 Å². The molecule has 3 aliphatic heterocycles. The maximum absolute atomic E-state index is 13.7. The van der Waals surface area contributed by atoms with Crippen LogP contribution in [0, 0.1) is 5.92 Å². The van der Waals surface area contributed by atoms with Crippen LogP contribution in [0.3, 0.4) is 0 Å². The lowest BCUT2D eigenvalue weighted by Crippen LogP contribution is -2.47. The van der Waals surface area contributed by atoms with Crippen LogP contribution in [-0.2, 0) is 26.3 Å². The Balaban J connectivity index is 1.25. The molecule has 5 heterocycles. The molecule has 0 saturated carbocycles. The molecule has 1 unspecified atom stereocenters. The molecular weight excluding hydrogens is 518 g/mol. The maximum atomic E-state index is 13.7. The number of fused-ring (bicyclic) bond motifs is 2. The van der Waals surface area contributed by atoms with Crippen LogP contribution in [0.15, 0.2) is 30.6 Å². The molecule has 0 aliphatic carbocycles. The second-order valence-corrected chi connectivity index (χ2v) is 12.5. The van der Waals surface area contributed by atoms with Gasteiger partial charge in [0.05, 0.1) is 23.3 Å². The minimum Gasteiger partial charge on any atom is -0.383 e. The van der Waals surface area contributed by atoms with E-state index in [-0.39, 0.29) is 17.8 Å². The van der Waals surface area contributed by atoms with Gasteiger partial charge in [-0.1, -0.05) is 25.1 Å². The first kappa shape index (κ1) is 27.7. The van der Waals surface area contributed by atoms with Gasteiger partial charge < -0.3 is 20.7 Å². The van der Waals surface area contributed by atoms with E-state index in [1.165, 1.54) is 17.3 Å². The van der Waals surface area contributed by atoms with Crippen molar-refractivity contribution < 1.29 is 14.3 Å². The van der Waals surface area contributed by atoms with Gasteiger partial charge in [-0.05, 0) is 82.0 Å². The van der Waals surface area contributed by atoms with Crippen molar-refractivity contribution in [3.63, 3.8) is 0 Å². The number of rotatable bonds is 3. The Hall–Kier alpha value is -3.50. The van der Waals surface area contributed by atoms with Crippen molar-refractivity contribution in [1.29, 1.82) is 0 Å². The summed E-state index contributed by atoms with van der Waals surface area (Å²) >= 11 is 0. The van der Waals surface area contributed by atoms with Gasteiger partial charge in [-0.3, -0.25) is 14.5 Å². The number of ether oxygens (including phenoxy) is 1. The molecule has 3 atom stereocenters. The highest BCUT2D eigenvalue weighted by Gasteiger charge is 2.37. The van der Waals surface area contributed by atoms with Crippen molar-refractivity contribution >= 4 is 34.2 Å². The minimum atomic E-state index is -0.693. The fourth-order valence-electron chi connectivity index (χ4n) is 6.64. The Kier molecular flexibility index (Phi) is 7.23. The number of pyridine rings is 1. The SMILES string of the molecule is C[C@H]1CC[C@H](c2ccc3c(c2)CCN(C)C3(C)C)N(C(=O)C(=O)Nc2cnc(N)c3cn(C4CCCCO4)nc23)C1. The molecule has 2 saturated heterocycles. The van der Waals surface area contributed by atoms with E-state index in [0.717, 1.165) is 50.6 Å². The summed E-state index contributed by atoms with van der Waals surface area (Å²) in [6.07, 6.45) is 8.84. The summed E-state index contributed by atoms with van der Waals surface area (Å²) in [6, 6.07) is 6.47. The van der Waals surface area contributed by atoms with E-state index in [1.54, 1.807) is 9.58 Å². The molecule has 3 aromatic rings. The van der Waals surface area contributed by atoms with E-state index in [9.17, 15) is 9.59 Å². The summed E-state index contributed by atoms with van der Waals surface area (Å²) in [4.78, 5) is 35.6. The summed E-state index contributed by atoms with van der Waals surface area (Å²) in [5.41, 5.74) is 10.7. The van der Waals surface area contributed by atoms with Crippen LogP contribution in [0.4, 0.5) is 11.5 Å². The molecule has 6 rings (SSSR count). The quantitative estimate of drug-likeness (QED) is 0.458. The molecule has 0 spiro atoms. The number of nitrogen functional groups attached to an aromatic ring is 1. The molecule has 1 aromatic carbocycles. The number of likely N-dealkylation sites (tertiary alicyclic amines) is 1. The lowest BCUT2D eigenvalue weighted by atomic mass is 9.81. The van der Waals surface area contributed by atoms with Crippen LogP contribution in [-0.4, -0.2) is 63.1 Å². The Bertz CT molecular complexity index is 1480. The largest absolute Gasteiger partial charge is 0.383 e. The number of likely N-dealkylation sites (N-methyl/N-ethyl adjacent to an activating group) is 1. The molecule has 41 heavy (non-hydrogen) atoms. The molecule has 2 amide bonds. The number of anilines is 2. The lowest BCUT2D eigenvalue weighted by molar-refractivity contribution is -0.146. The number of hydrogen-bond acceptors (Lipinski definition) is 7. The van der Waals surface area contributed by atoms with Gasteiger partial charge in [-0.25, -0.2) is 9.67 Å². The maximum Gasteiger partial charge on any atom is 0.314 e. The first-order chi connectivity index (χ1) is 19.6. The van der Waals surface area contributed by atoms with Gasteiger partial charge in [0.1, 0.15) is 17.6 Å². The van der Waals surface area contributed by atoms with Crippen LogP contribution in [0.1, 0.15) is 81.8 Å². The van der Waals surface area contributed by atoms with Crippen molar-refractivity contribution in [1.82, 2.24) is 24.6 Å². The first-order valence-corrected chi connectivity index (χ1v) is 14.8. The van der Waals surface area contributed by atoms with Crippen LogP contribution >= 0.6 is 0 Å². The number of nitrogens with zero attached hydrogens (tertiary/aromatic N) is 5. The number of benzene rings is 1. The Morgan fingerprint density at radius 3 is 2.78 bits per heavy atom. The molecule has 218 valence electrons. The van der Waals surface area contributed by atoms with Gasteiger partial charge in [-0.2, -0.15) is 5.10 Å². The Morgan fingerprint density at radius 2 is 2.00 bits per heavy atom. The monoisotopic (exact) mass is 559 g/mol. The van der Waals surface area contributed by atoms with Crippen molar-refractivity contribution in [3.05, 3.63) is 47.3 Å².